The summed E-state index contributed by atoms with van der Waals surface area (Å²) in [6.45, 7) is 6.09. The van der Waals surface area contributed by atoms with Crippen molar-refractivity contribution in [3.8, 4) is 0 Å². The zero-order chi connectivity index (χ0) is 16.6. The Morgan fingerprint density at radius 1 is 1.35 bits per heavy atom. The summed E-state index contributed by atoms with van der Waals surface area (Å²) >= 11 is 7.81. The largest absolute Gasteiger partial charge is 0.344 e. The second-order valence-electron chi connectivity index (χ2n) is 5.91. The van der Waals surface area contributed by atoms with Crippen molar-refractivity contribution in [2.24, 2.45) is 5.92 Å². The van der Waals surface area contributed by atoms with E-state index in [0.29, 0.717) is 10.6 Å². The Kier molecular flexibility index (Phi) is 4.41. The van der Waals surface area contributed by atoms with Crippen LogP contribution in [0.2, 0.25) is 5.02 Å². The summed E-state index contributed by atoms with van der Waals surface area (Å²) in [4.78, 5) is 13.7. The number of hydrogen-bond acceptors (Lipinski definition) is 3. The summed E-state index contributed by atoms with van der Waals surface area (Å²) in [5, 5.41) is 13.8. The van der Waals surface area contributed by atoms with Gasteiger partial charge in [0.15, 0.2) is 0 Å². The van der Waals surface area contributed by atoms with Gasteiger partial charge in [-0.25, -0.2) is 0 Å². The van der Waals surface area contributed by atoms with Crippen LogP contribution in [-0.2, 0) is 0 Å². The summed E-state index contributed by atoms with van der Waals surface area (Å²) in [7, 11) is 0. The predicted molar refractivity (Wildman–Crippen MR) is 95.2 cm³/mol. The first kappa shape index (κ1) is 16.0. The van der Waals surface area contributed by atoms with Crippen molar-refractivity contribution in [1.82, 2.24) is 15.5 Å². The molecule has 2 aromatic heterocycles. The predicted octanol–water partition coefficient (Wildman–Crippen LogP) is 4.71. The maximum Gasteiger partial charge on any atom is 0.251 e. The van der Waals surface area contributed by atoms with Crippen LogP contribution in [-0.4, -0.2) is 16.1 Å². The Morgan fingerprint density at radius 2 is 2.13 bits per heavy atom. The third-order valence-corrected chi connectivity index (χ3v) is 5.33. The molecule has 23 heavy (non-hydrogen) atoms. The lowest BCUT2D eigenvalue weighted by Crippen LogP contribution is -2.31. The lowest BCUT2D eigenvalue weighted by Gasteiger charge is -2.22. The van der Waals surface area contributed by atoms with Gasteiger partial charge in [-0.1, -0.05) is 25.4 Å². The summed E-state index contributed by atoms with van der Waals surface area (Å²) < 4.78 is 0. The topological polar surface area (TPSA) is 57.8 Å². The van der Waals surface area contributed by atoms with Crippen LogP contribution in [0.3, 0.4) is 0 Å². The Morgan fingerprint density at radius 3 is 2.78 bits per heavy atom. The average Bonchev–Trinajstić information content (AvgIpc) is 3.10. The number of aromatic nitrogens is 2. The van der Waals surface area contributed by atoms with Gasteiger partial charge in [0.2, 0.25) is 0 Å². The first-order valence-electron chi connectivity index (χ1n) is 7.46. The molecule has 0 bridgehead atoms. The van der Waals surface area contributed by atoms with Gasteiger partial charge in [-0.05, 0) is 42.5 Å². The summed E-state index contributed by atoms with van der Waals surface area (Å²) in [6.07, 6.45) is 0. The molecule has 0 saturated carbocycles. The van der Waals surface area contributed by atoms with Crippen molar-refractivity contribution in [3.05, 3.63) is 50.8 Å². The van der Waals surface area contributed by atoms with Crippen molar-refractivity contribution < 1.29 is 4.79 Å². The zero-order valence-electron chi connectivity index (χ0n) is 13.2. The molecule has 0 aliphatic rings. The third-order valence-electron chi connectivity index (χ3n) is 3.89. The molecule has 3 aromatic rings. The van der Waals surface area contributed by atoms with Gasteiger partial charge in [0.1, 0.15) is 0 Å². The van der Waals surface area contributed by atoms with E-state index in [-0.39, 0.29) is 17.9 Å². The quantitative estimate of drug-likeness (QED) is 0.717. The second kappa shape index (κ2) is 6.34. The number of carbonyl (C=O) groups excluding carboxylic acids is 1. The number of amides is 1. The van der Waals surface area contributed by atoms with E-state index in [4.69, 9.17) is 11.6 Å². The SMILES string of the molecule is Cc1[nH]nc2ccc(C(=O)NC(c3sccc3Cl)C(C)C)cc12. The molecule has 1 aromatic carbocycles. The standard InChI is InChI=1S/C17H18ClN3OS/c1-9(2)15(16-13(18)6-7-23-16)19-17(22)11-4-5-14-12(8-11)10(3)20-21-14/h4-9,15H,1-3H3,(H,19,22)(H,20,21). The van der Waals surface area contributed by atoms with Gasteiger partial charge in [-0.3, -0.25) is 9.89 Å². The summed E-state index contributed by atoms with van der Waals surface area (Å²) in [6, 6.07) is 7.29. The maximum absolute atomic E-state index is 12.7. The molecule has 0 saturated heterocycles. The highest BCUT2D eigenvalue weighted by molar-refractivity contribution is 7.10. The van der Waals surface area contributed by atoms with Crippen molar-refractivity contribution in [2.75, 3.05) is 0 Å². The van der Waals surface area contributed by atoms with Gasteiger partial charge in [0, 0.05) is 21.5 Å². The number of aromatic amines is 1. The zero-order valence-corrected chi connectivity index (χ0v) is 14.8. The average molecular weight is 348 g/mol. The van der Waals surface area contributed by atoms with E-state index < -0.39 is 0 Å². The number of thiophene rings is 1. The molecule has 1 unspecified atom stereocenters. The van der Waals surface area contributed by atoms with E-state index in [1.54, 1.807) is 17.4 Å². The van der Waals surface area contributed by atoms with Crippen LogP contribution in [0.5, 0.6) is 0 Å². The van der Waals surface area contributed by atoms with Gasteiger partial charge in [-0.15, -0.1) is 11.3 Å². The number of benzene rings is 1. The number of H-pyrrole nitrogens is 1. The van der Waals surface area contributed by atoms with E-state index in [9.17, 15) is 4.79 Å². The summed E-state index contributed by atoms with van der Waals surface area (Å²) in [5.74, 6) is 0.144. The Bertz CT molecular complexity index is 853. The molecule has 2 N–H and O–H groups in total. The van der Waals surface area contributed by atoms with E-state index in [1.165, 1.54) is 0 Å². The third kappa shape index (κ3) is 3.12. The van der Waals surface area contributed by atoms with E-state index in [1.807, 2.05) is 30.5 Å². The van der Waals surface area contributed by atoms with Crippen molar-refractivity contribution in [3.63, 3.8) is 0 Å². The van der Waals surface area contributed by atoms with Crippen molar-refractivity contribution in [2.45, 2.75) is 26.8 Å². The van der Waals surface area contributed by atoms with Crippen molar-refractivity contribution >= 4 is 39.7 Å². The molecule has 2 heterocycles. The maximum atomic E-state index is 12.7. The minimum absolute atomic E-state index is 0.101. The molecule has 1 amide bonds. The Hall–Kier alpha value is -1.85. The van der Waals surface area contributed by atoms with E-state index in [2.05, 4.69) is 29.4 Å². The molecule has 0 spiro atoms. The fraction of sp³-hybridized carbons (Fsp3) is 0.294. The molecule has 120 valence electrons. The normalized spacial score (nSPS) is 12.7. The molecule has 1 atom stereocenters. The van der Waals surface area contributed by atoms with Crippen LogP contribution < -0.4 is 5.32 Å². The highest BCUT2D eigenvalue weighted by atomic mass is 35.5. The first-order chi connectivity index (χ1) is 11.0. The molecule has 4 nitrogen and oxygen atoms in total. The molecule has 0 fully saturated rings. The molecule has 3 rings (SSSR count). The van der Waals surface area contributed by atoms with Crippen LogP contribution in [0.4, 0.5) is 0 Å². The van der Waals surface area contributed by atoms with Crippen molar-refractivity contribution in [1.29, 1.82) is 0 Å². The minimum Gasteiger partial charge on any atom is -0.344 e. The number of rotatable bonds is 4. The Balaban J connectivity index is 1.88. The first-order valence-corrected chi connectivity index (χ1v) is 8.71. The number of nitrogens with one attached hydrogen (secondary N) is 2. The molecule has 0 aliphatic heterocycles. The van der Waals surface area contributed by atoms with E-state index >= 15 is 0 Å². The number of carbonyl (C=O) groups is 1. The molecule has 0 aliphatic carbocycles. The van der Waals surface area contributed by atoms with Crippen LogP contribution in [0.15, 0.2) is 29.6 Å². The number of fused-ring (bicyclic) bond motifs is 1. The highest BCUT2D eigenvalue weighted by Gasteiger charge is 2.22. The summed E-state index contributed by atoms with van der Waals surface area (Å²) in [5.41, 5.74) is 2.44. The van der Waals surface area contributed by atoms with Crippen LogP contribution in [0, 0.1) is 12.8 Å². The van der Waals surface area contributed by atoms with E-state index in [0.717, 1.165) is 21.5 Å². The van der Waals surface area contributed by atoms with Crippen LogP contribution >= 0.6 is 22.9 Å². The number of halogens is 1. The monoisotopic (exact) mass is 347 g/mol. The van der Waals surface area contributed by atoms with Crippen LogP contribution in [0.25, 0.3) is 10.9 Å². The van der Waals surface area contributed by atoms with Gasteiger partial charge in [-0.2, -0.15) is 5.10 Å². The molecule has 0 radical (unpaired) electrons. The second-order valence-corrected chi connectivity index (χ2v) is 7.26. The smallest absolute Gasteiger partial charge is 0.251 e. The molecule has 6 heteroatoms. The van der Waals surface area contributed by atoms with Gasteiger partial charge in [0.25, 0.3) is 5.91 Å². The van der Waals surface area contributed by atoms with Gasteiger partial charge < -0.3 is 5.32 Å². The number of hydrogen-bond donors (Lipinski definition) is 2. The number of aryl methyl sites for hydroxylation is 1. The van der Waals surface area contributed by atoms with Gasteiger partial charge in [0.05, 0.1) is 16.6 Å². The highest BCUT2D eigenvalue weighted by Crippen LogP contribution is 2.33. The number of nitrogens with zero attached hydrogens (tertiary/aromatic N) is 1. The minimum atomic E-state index is -0.101. The fourth-order valence-electron chi connectivity index (χ4n) is 2.57. The lowest BCUT2D eigenvalue weighted by molar-refractivity contribution is 0.0926. The molecular formula is C17H18ClN3OS. The van der Waals surface area contributed by atoms with Gasteiger partial charge >= 0.3 is 0 Å². The lowest BCUT2D eigenvalue weighted by atomic mass is 10.0. The Labute approximate surface area is 143 Å². The van der Waals surface area contributed by atoms with Crippen LogP contribution in [0.1, 0.15) is 40.8 Å². The molecular weight excluding hydrogens is 330 g/mol. The fourth-order valence-corrected chi connectivity index (χ4v) is 3.96.